The Bertz CT molecular complexity index is 656. The van der Waals surface area contributed by atoms with Crippen LogP contribution in [-0.2, 0) is 4.74 Å². The predicted molar refractivity (Wildman–Crippen MR) is 87.5 cm³/mol. The first-order valence-corrected chi connectivity index (χ1v) is 7.95. The minimum atomic E-state index is 0.158. The molecule has 2 aromatic rings. The van der Waals surface area contributed by atoms with Crippen LogP contribution in [0.15, 0.2) is 48.5 Å². The zero-order valence-electron chi connectivity index (χ0n) is 12.8. The Morgan fingerprint density at radius 3 is 2.82 bits per heavy atom. The molecule has 22 heavy (non-hydrogen) atoms. The van der Waals surface area contributed by atoms with Gasteiger partial charge < -0.3 is 14.8 Å². The summed E-state index contributed by atoms with van der Waals surface area (Å²) < 4.78 is 11.6. The highest BCUT2D eigenvalue weighted by Crippen LogP contribution is 2.47. The van der Waals surface area contributed by atoms with E-state index >= 15 is 0 Å². The van der Waals surface area contributed by atoms with Crippen molar-refractivity contribution in [2.24, 2.45) is 5.92 Å². The summed E-state index contributed by atoms with van der Waals surface area (Å²) in [5.41, 5.74) is 3.83. The highest BCUT2D eigenvalue weighted by molar-refractivity contribution is 5.58. The van der Waals surface area contributed by atoms with E-state index in [1.54, 1.807) is 7.11 Å². The molecule has 2 aliphatic heterocycles. The van der Waals surface area contributed by atoms with E-state index in [0.717, 1.165) is 25.3 Å². The second-order valence-corrected chi connectivity index (χ2v) is 6.10. The van der Waals surface area contributed by atoms with Gasteiger partial charge in [0.05, 0.1) is 13.2 Å². The monoisotopic (exact) mass is 295 g/mol. The highest BCUT2D eigenvalue weighted by atomic mass is 16.5. The van der Waals surface area contributed by atoms with Crippen LogP contribution in [0, 0.1) is 5.92 Å². The fraction of sp³-hybridized carbons (Fsp3) is 0.368. The van der Waals surface area contributed by atoms with Crippen molar-refractivity contribution in [2.75, 3.05) is 25.6 Å². The molecule has 3 nitrogen and oxygen atoms in total. The molecule has 1 N–H and O–H groups in total. The molecule has 0 radical (unpaired) electrons. The summed E-state index contributed by atoms with van der Waals surface area (Å²) in [7, 11) is 1.71. The molecule has 3 atom stereocenters. The fourth-order valence-electron chi connectivity index (χ4n) is 3.85. The molecule has 4 rings (SSSR count). The molecule has 2 unspecified atom stereocenters. The summed E-state index contributed by atoms with van der Waals surface area (Å²) in [5, 5.41) is 3.58. The minimum absolute atomic E-state index is 0.158. The molecular formula is C19H21NO2. The van der Waals surface area contributed by atoms with Crippen molar-refractivity contribution in [3.8, 4) is 5.75 Å². The van der Waals surface area contributed by atoms with E-state index in [0.29, 0.717) is 11.8 Å². The maximum absolute atomic E-state index is 6.16. The van der Waals surface area contributed by atoms with Gasteiger partial charge in [0, 0.05) is 30.3 Å². The van der Waals surface area contributed by atoms with Gasteiger partial charge in [-0.2, -0.15) is 0 Å². The van der Waals surface area contributed by atoms with Gasteiger partial charge in [-0.25, -0.2) is 0 Å². The zero-order valence-corrected chi connectivity index (χ0v) is 12.8. The Hall–Kier alpha value is -2.00. The Morgan fingerprint density at radius 2 is 2.00 bits per heavy atom. The van der Waals surface area contributed by atoms with E-state index < -0.39 is 0 Å². The zero-order chi connectivity index (χ0) is 14.9. The lowest BCUT2D eigenvalue weighted by Gasteiger charge is -2.42. The molecule has 0 aliphatic carbocycles. The molecule has 2 aromatic carbocycles. The fourth-order valence-corrected chi connectivity index (χ4v) is 3.85. The SMILES string of the molecule is COc1ccc2c(c1)C1OCC[C@@H](c3ccccc3)C1CN2. The molecule has 114 valence electrons. The van der Waals surface area contributed by atoms with Crippen LogP contribution in [0.5, 0.6) is 5.75 Å². The summed E-state index contributed by atoms with van der Waals surface area (Å²) in [6.45, 7) is 1.78. The van der Waals surface area contributed by atoms with Gasteiger partial charge in [0.25, 0.3) is 0 Å². The number of hydrogen-bond donors (Lipinski definition) is 1. The van der Waals surface area contributed by atoms with E-state index in [4.69, 9.17) is 9.47 Å². The number of rotatable bonds is 2. The molecule has 2 heterocycles. The van der Waals surface area contributed by atoms with Gasteiger partial charge in [0.1, 0.15) is 5.75 Å². The van der Waals surface area contributed by atoms with Crippen molar-refractivity contribution in [1.29, 1.82) is 0 Å². The largest absolute Gasteiger partial charge is 0.497 e. The normalized spacial score (nSPS) is 26.5. The first kappa shape index (κ1) is 13.6. The number of benzene rings is 2. The third-order valence-electron chi connectivity index (χ3n) is 4.95. The average molecular weight is 295 g/mol. The van der Waals surface area contributed by atoms with Crippen molar-refractivity contribution in [3.63, 3.8) is 0 Å². The molecule has 1 saturated heterocycles. The third kappa shape index (κ3) is 2.26. The van der Waals surface area contributed by atoms with Gasteiger partial charge in [-0.15, -0.1) is 0 Å². The molecule has 0 spiro atoms. The second kappa shape index (κ2) is 5.65. The Balaban J connectivity index is 1.70. The number of fused-ring (bicyclic) bond motifs is 3. The molecule has 3 heteroatoms. The smallest absolute Gasteiger partial charge is 0.119 e. The number of ether oxygens (including phenoxy) is 2. The van der Waals surface area contributed by atoms with Gasteiger partial charge in [-0.05, 0) is 36.1 Å². The molecule has 2 aliphatic rings. The van der Waals surface area contributed by atoms with Crippen LogP contribution in [0.25, 0.3) is 0 Å². The maximum Gasteiger partial charge on any atom is 0.119 e. The second-order valence-electron chi connectivity index (χ2n) is 6.10. The summed E-state index contributed by atoms with van der Waals surface area (Å²) in [6.07, 6.45) is 1.25. The lowest BCUT2D eigenvalue weighted by atomic mass is 9.75. The quantitative estimate of drug-likeness (QED) is 0.909. The topological polar surface area (TPSA) is 30.5 Å². The lowest BCUT2D eigenvalue weighted by molar-refractivity contribution is -0.0382. The van der Waals surface area contributed by atoms with Crippen LogP contribution in [0.2, 0.25) is 0 Å². The van der Waals surface area contributed by atoms with Crippen LogP contribution in [-0.4, -0.2) is 20.3 Å². The van der Waals surface area contributed by atoms with Gasteiger partial charge in [0.15, 0.2) is 0 Å². The Kier molecular flexibility index (Phi) is 3.51. The minimum Gasteiger partial charge on any atom is -0.497 e. The van der Waals surface area contributed by atoms with Crippen molar-refractivity contribution in [1.82, 2.24) is 0 Å². The summed E-state index contributed by atoms with van der Waals surface area (Å²) in [6, 6.07) is 17.1. The van der Waals surface area contributed by atoms with Crippen molar-refractivity contribution in [3.05, 3.63) is 59.7 Å². The van der Waals surface area contributed by atoms with E-state index in [1.807, 2.05) is 6.07 Å². The standard InChI is InChI=1S/C19H21NO2/c1-21-14-7-8-18-16(11-14)19-17(12-20-18)15(9-10-22-19)13-5-3-2-4-6-13/h2-8,11,15,17,19-20H,9-10,12H2,1H3/t15-,17?,19?/m0/s1. The number of nitrogens with one attached hydrogen (secondary N) is 1. The van der Waals surface area contributed by atoms with Crippen molar-refractivity contribution < 1.29 is 9.47 Å². The third-order valence-corrected chi connectivity index (χ3v) is 4.95. The Morgan fingerprint density at radius 1 is 1.14 bits per heavy atom. The average Bonchev–Trinajstić information content (AvgIpc) is 2.61. The molecule has 0 amide bonds. The molecule has 0 aromatic heterocycles. The van der Waals surface area contributed by atoms with E-state index in [2.05, 4.69) is 47.8 Å². The first-order valence-electron chi connectivity index (χ1n) is 7.95. The van der Waals surface area contributed by atoms with Crippen LogP contribution in [0.3, 0.4) is 0 Å². The maximum atomic E-state index is 6.16. The van der Waals surface area contributed by atoms with E-state index in [-0.39, 0.29) is 6.10 Å². The molecule has 0 saturated carbocycles. The van der Waals surface area contributed by atoms with Crippen LogP contribution < -0.4 is 10.1 Å². The van der Waals surface area contributed by atoms with E-state index in [9.17, 15) is 0 Å². The summed E-state index contributed by atoms with van der Waals surface area (Å²) in [5.74, 6) is 1.91. The van der Waals surface area contributed by atoms with Crippen molar-refractivity contribution >= 4 is 5.69 Å². The number of hydrogen-bond acceptors (Lipinski definition) is 3. The van der Waals surface area contributed by atoms with E-state index in [1.165, 1.54) is 16.8 Å². The number of methoxy groups -OCH3 is 1. The van der Waals surface area contributed by atoms with Gasteiger partial charge in [-0.1, -0.05) is 30.3 Å². The summed E-state index contributed by atoms with van der Waals surface area (Å²) in [4.78, 5) is 0. The van der Waals surface area contributed by atoms with Gasteiger partial charge in [-0.3, -0.25) is 0 Å². The predicted octanol–water partition coefficient (Wildman–Crippen LogP) is 3.98. The highest BCUT2D eigenvalue weighted by Gasteiger charge is 2.39. The van der Waals surface area contributed by atoms with Crippen LogP contribution in [0.1, 0.15) is 29.6 Å². The molecule has 1 fully saturated rings. The molecular weight excluding hydrogens is 274 g/mol. The number of anilines is 1. The lowest BCUT2D eigenvalue weighted by Crippen LogP contribution is -2.37. The summed E-state index contributed by atoms with van der Waals surface area (Å²) >= 11 is 0. The first-order chi connectivity index (χ1) is 10.9. The molecule has 0 bridgehead atoms. The van der Waals surface area contributed by atoms with Gasteiger partial charge in [0.2, 0.25) is 0 Å². The van der Waals surface area contributed by atoms with Gasteiger partial charge >= 0.3 is 0 Å². The van der Waals surface area contributed by atoms with Crippen molar-refractivity contribution in [2.45, 2.75) is 18.4 Å². The Labute approximate surface area is 131 Å². The van der Waals surface area contributed by atoms with Crippen LogP contribution >= 0.6 is 0 Å². The van der Waals surface area contributed by atoms with Crippen LogP contribution in [0.4, 0.5) is 5.69 Å².